The summed E-state index contributed by atoms with van der Waals surface area (Å²) in [4.78, 5) is 24.8. The molecule has 0 heterocycles. The molecule has 8 nitrogen and oxygen atoms in total. The van der Waals surface area contributed by atoms with Crippen LogP contribution >= 0.6 is 15.9 Å². The van der Waals surface area contributed by atoms with Gasteiger partial charge in [-0.15, -0.1) is 0 Å². The Morgan fingerprint density at radius 3 is 2.39 bits per heavy atom. The van der Waals surface area contributed by atoms with Crippen molar-refractivity contribution >= 4 is 39.5 Å². The van der Waals surface area contributed by atoms with E-state index in [-0.39, 0.29) is 18.1 Å². The molecule has 36 heavy (non-hydrogen) atoms. The second-order valence-corrected chi connectivity index (χ2v) is 8.29. The van der Waals surface area contributed by atoms with Gasteiger partial charge in [-0.3, -0.25) is 9.59 Å². The fourth-order valence-corrected chi connectivity index (χ4v) is 3.74. The minimum atomic E-state index is -0.494. The van der Waals surface area contributed by atoms with E-state index in [9.17, 15) is 14.9 Å². The molecule has 2 N–H and O–H groups in total. The van der Waals surface area contributed by atoms with Gasteiger partial charge in [0.2, 0.25) is 0 Å². The number of nitriles is 1. The van der Waals surface area contributed by atoms with Gasteiger partial charge in [-0.05, 0) is 69.5 Å². The number of halogens is 1. The SMILES string of the molecule is COc1ccc(NC(=O)COc2c(Br)cc(/C=C(\C#N)C(=O)NCc3ccccc3)cc2OC)cc1. The number of rotatable bonds is 10. The van der Waals surface area contributed by atoms with Crippen LogP contribution in [0.25, 0.3) is 6.08 Å². The fraction of sp³-hybridized carbons (Fsp3) is 0.148. The summed E-state index contributed by atoms with van der Waals surface area (Å²) in [6.07, 6.45) is 1.45. The Kier molecular flexibility index (Phi) is 9.48. The standard InChI is InChI=1S/C27H24BrN3O5/c1-34-22-10-8-21(9-11-22)31-25(32)17-36-26-23(28)13-19(14-24(26)35-2)12-20(15-29)27(33)30-16-18-6-4-3-5-7-18/h3-14H,16-17H2,1-2H3,(H,30,33)(H,31,32)/b20-12+. The molecule has 2 amide bonds. The third-order valence-corrected chi connectivity index (χ3v) is 5.53. The average Bonchev–Trinajstić information content (AvgIpc) is 2.90. The molecule has 0 aliphatic carbocycles. The molecule has 0 aromatic heterocycles. The highest BCUT2D eigenvalue weighted by atomic mass is 79.9. The Hall–Kier alpha value is -4.29. The third-order valence-electron chi connectivity index (χ3n) is 4.95. The van der Waals surface area contributed by atoms with Crippen molar-refractivity contribution in [3.05, 3.63) is 87.9 Å². The first-order chi connectivity index (χ1) is 17.4. The van der Waals surface area contributed by atoms with Crippen molar-refractivity contribution in [1.82, 2.24) is 5.32 Å². The van der Waals surface area contributed by atoms with Gasteiger partial charge in [-0.1, -0.05) is 30.3 Å². The van der Waals surface area contributed by atoms with E-state index >= 15 is 0 Å². The molecule has 3 rings (SSSR count). The predicted molar refractivity (Wildman–Crippen MR) is 140 cm³/mol. The zero-order chi connectivity index (χ0) is 25.9. The van der Waals surface area contributed by atoms with Gasteiger partial charge in [0.1, 0.15) is 17.4 Å². The van der Waals surface area contributed by atoms with Crippen molar-refractivity contribution in [1.29, 1.82) is 5.26 Å². The van der Waals surface area contributed by atoms with Crippen LogP contribution in [0.1, 0.15) is 11.1 Å². The first-order valence-electron chi connectivity index (χ1n) is 10.8. The van der Waals surface area contributed by atoms with E-state index in [1.54, 1.807) is 43.5 Å². The van der Waals surface area contributed by atoms with Crippen LogP contribution in [0.3, 0.4) is 0 Å². The number of carbonyl (C=O) groups is 2. The second-order valence-electron chi connectivity index (χ2n) is 7.44. The molecule has 0 bridgehead atoms. The van der Waals surface area contributed by atoms with Gasteiger partial charge in [0.25, 0.3) is 11.8 Å². The number of methoxy groups -OCH3 is 2. The van der Waals surface area contributed by atoms with Gasteiger partial charge in [0, 0.05) is 12.2 Å². The number of carbonyl (C=O) groups excluding carboxylic acids is 2. The minimum absolute atomic E-state index is 0.0626. The summed E-state index contributed by atoms with van der Waals surface area (Å²) in [5, 5.41) is 15.0. The zero-order valence-corrected chi connectivity index (χ0v) is 21.3. The van der Waals surface area contributed by atoms with Gasteiger partial charge in [0.15, 0.2) is 18.1 Å². The number of nitrogens with zero attached hydrogens (tertiary/aromatic N) is 1. The molecule has 0 fully saturated rings. The smallest absolute Gasteiger partial charge is 0.262 e. The lowest BCUT2D eigenvalue weighted by Gasteiger charge is -2.14. The number of hydrogen-bond donors (Lipinski definition) is 2. The quantitative estimate of drug-likeness (QED) is 0.280. The lowest BCUT2D eigenvalue weighted by atomic mass is 10.1. The van der Waals surface area contributed by atoms with Crippen molar-refractivity contribution in [2.24, 2.45) is 0 Å². The second kappa shape index (κ2) is 13.0. The number of nitrogens with one attached hydrogen (secondary N) is 2. The van der Waals surface area contributed by atoms with Gasteiger partial charge in [-0.25, -0.2) is 0 Å². The average molecular weight is 550 g/mol. The molecule has 0 aliphatic heterocycles. The van der Waals surface area contributed by atoms with Gasteiger partial charge >= 0.3 is 0 Å². The van der Waals surface area contributed by atoms with Crippen molar-refractivity contribution in [3.8, 4) is 23.3 Å². The number of hydrogen-bond acceptors (Lipinski definition) is 6. The molecule has 0 spiro atoms. The Balaban J connectivity index is 1.67. The van der Waals surface area contributed by atoms with E-state index < -0.39 is 5.91 Å². The van der Waals surface area contributed by atoms with Crippen LogP contribution < -0.4 is 24.8 Å². The lowest BCUT2D eigenvalue weighted by molar-refractivity contribution is -0.118. The van der Waals surface area contributed by atoms with Gasteiger partial charge in [0.05, 0.1) is 18.7 Å². The van der Waals surface area contributed by atoms with Crippen molar-refractivity contribution < 1.29 is 23.8 Å². The van der Waals surface area contributed by atoms with Crippen LogP contribution in [0.2, 0.25) is 0 Å². The Morgan fingerprint density at radius 1 is 1.03 bits per heavy atom. The lowest BCUT2D eigenvalue weighted by Crippen LogP contribution is -2.23. The normalized spacial score (nSPS) is 10.7. The van der Waals surface area contributed by atoms with E-state index in [0.29, 0.717) is 39.5 Å². The molecule has 0 radical (unpaired) electrons. The summed E-state index contributed by atoms with van der Waals surface area (Å²) in [5.41, 5.74) is 2.00. The molecule has 0 unspecified atom stereocenters. The van der Waals surface area contributed by atoms with Crippen LogP contribution in [0.15, 0.2) is 76.8 Å². The highest BCUT2D eigenvalue weighted by Gasteiger charge is 2.15. The summed E-state index contributed by atoms with van der Waals surface area (Å²) >= 11 is 3.42. The molecule has 3 aromatic rings. The highest BCUT2D eigenvalue weighted by Crippen LogP contribution is 2.37. The van der Waals surface area contributed by atoms with Crippen molar-refractivity contribution in [2.45, 2.75) is 6.54 Å². The van der Waals surface area contributed by atoms with Crippen molar-refractivity contribution in [3.63, 3.8) is 0 Å². The highest BCUT2D eigenvalue weighted by molar-refractivity contribution is 9.10. The molecule has 0 saturated carbocycles. The molecule has 0 saturated heterocycles. The first kappa shape index (κ1) is 26.3. The van der Waals surface area contributed by atoms with E-state index in [0.717, 1.165) is 5.56 Å². The fourth-order valence-electron chi connectivity index (χ4n) is 3.16. The molecular weight excluding hydrogens is 526 g/mol. The minimum Gasteiger partial charge on any atom is -0.497 e. The largest absolute Gasteiger partial charge is 0.497 e. The monoisotopic (exact) mass is 549 g/mol. The van der Waals surface area contributed by atoms with Crippen LogP contribution in [0.5, 0.6) is 17.2 Å². The summed E-state index contributed by atoms with van der Waals surface area (Å²) in [7, 11) is 3.02. The van der Waals surface area contributed by atoms with Crippen molar-refractivity contribution in [2.75, 3.05) is 26.1 Å². The number of ether oxygens (including phenoxy) is 3. The van der Waals surface area contributed by atoms with Gasteiger partial charge in [-0.2, -0.15) is 5.26 Å². The molecule has 0 aliphatic rings. The zero-order valence-electron chi connectivity index (χ0n) is 19.7. The van der Waals surface area contributed by atoms with Crippen LogP contribution in [0, 0.1) is 11.3 Å². The number of anilines is 1. The maximum atomic E-state index is 12.5. The van der Waals surface area contributed by atoms with Crippen LogP contribution in [-0.4, -0.2) is 32.6 Å². The molecule has 9 heteroatoms. The summed E-state index contributed by atoms with van der Waals surface area (Å²) in [6.45, 7) is 0.0403. The van der Waals surface area contributed by atoms with E-state index in [4.69, 9.17) is 14.2 Å². The Bertz CT molecular complexity index is 1290. The molecule has 0 atom stereocenters. The predicted octanol–water partition coefficient (Wildman–Crippen LogP) is 4.71. The Morgan fingerprint density at radius 2 is 1.75 bits per heavy atom. The topological polar surface area (TPSA) is 110 Å². The maximum absolute atomic E-state index is 12.5. The molecule has 184 valence electrons. The third kappa shape index (κ3) is 7.35. The van der Waals surface area contributed by atoms with E-state index in [1.807, 2.05) is 36.4 Å². The summed E-state index contributed by atoms with van der Waals surface area (Å²) < 4.78 is 16.7. The van der Waals surface area contributed by atoms with E-state index in [2.05, 4.69) is 26.6 Å². The van der Waals surface area contributed by atoms with Crippen LogP contribution in [0.4, 0.5) is 5.69 Å². The Labute approximate surface area is 217 Å². The summed E-state index contributed by atoms with van der Waals surface area (Å²) in [6, 6.07) is 21.5. The number of benzene rings is 3. The van der Waals surface area contributed by atoms with E-state index in [1.165, 1.54) is 13.2 Å². The van der Waals surface area contributed by atoms with Gasteiger partial charge < -0.3 is 24.8 Å². The number of amides is 2. The molecular formula is C27H24BrN3O5. The molecule has 3 aromatic carbocycles. The maximum Gasteiger partial charge on any atom is 0.262 e. The summed E-state index contributed by atoms with van der Waals surface area (Å²) in [5.74, 6) is 0.466. The van der Waals surface area contributed by atoms with Crippen LogP contribution in [-0.2, 0) is 16.1 Å². The first-order valence-corrected chi connectivity index (χ1v) is 11.6.